The van der Waals surface area contributed by atoms with Gasteiger partial charge in [-0.3, -0.25) is 14.6 Å². The molecule has 2 N–H and O–H groups in total. The second-order valence-corrected chi connectivity index (χ2v) is 9.63. The zero-order valence-electron chi connectivity index (χ0n) is 20.0. The van der Waals surface area contributed by atoms with Gasteiger partial charge in [-0.2, -0.15) is 0 Å². The number of aliphatic hydroxyl groups is 2. The molecule has 0 aromatic carbocycles. The first-order valence-corrected chi connectivity index (χ1v) is 11.4. The van der Waals surface area contributed by atoms with Gasteiger partial charge in [-0.25, -0.2) is 4.79 Å². The van der Waals surface area contributed by atoms with Crippen molar-refractivity contribution in [3.63, 3.8) is 0 Å². The summed E-state index contributed by atoms with van der Waals surface area (Å²) in [4.78, 5) is 40.2. The third-order valence-corrected chi connectivity index (χ3v) is 7.15. The minimum Gasteiger partial charge on any atom is -0.484 e. The van der Waals surface area contributed by atoms with Gasteiger partial charge in [0.15, 0.2) is 0 Å². The quantitative estimate of drug-likeness (QED) is 0.602. The third kappa shape index (κ3) is 4.55. The molecule has 1 saturated carbocycles. The lowest BCUT2D eigenvalue weighted by atomic mass is 9.62. The smallest absolute Gasteiger partial charge is 0.345 e. The Labute approximate surface area is 201 Å². The topological polar surface area (TPSA) is 145 Å². The highest BCUT2D eigenvalue weighted by molar-refractivity contribution is 5.67. The fraction of sp³-hybridized carbons (Fsp3) is 0.520. The number of hydrogen-bond acceptors (Lipinski definition) is 10. The lowest BCUT2D eigenvalue weighted by molar-refractivity contribution is -0.205. The number of aliphatic hydroxyl groups excluding tert-OH is 2. The first-order valence-electron chi connectivity index (χ1n) is 11.4. The Morgan fingerprint density at radius 1 is 1.26 bits per heavy atom. The number of pyridine rings is 1. The van der Waals surface area contributed by atoms with Crippen LogP contribution in [0.4, 0.5) is 0 Å². The van der Waals surface area contributed by atoms with Crippen molar-refractivity contribution >= 4 is 11.9 Å². The molecule has 188 valence electrons. The van der Waals surface area contributed by atoms with E-state index in [2.05, 4.69) is 4.98 Å². The van der Waals surface area contributed by atoms with Crippen LogP contribution in [0.25, 0.3) is 11.3 Å². The summed E-state index contributed by atoms with van der Waals surface area (Å²) in [5.74, 6) is -1.99. The van der Waals surface area contributed by atoms with E-state index >= 15 is 0 Å². The second kappa shape index (κ2) is 9.09. The normalized spacial score (nSPS) is 29.1. The number of carbonyl (C=O) groups excluding carboxylic acids is 2. The Morgan fingerprint density at radius 2 is 2.00 bits per heavy atom. The van der Waals surface area contributed by atoms with E-state index in [0.29, 0.717) is 5.56 Å². The van der Waals surface area contributed by atoms with Crippen molar-refractivity contribution in [3.05, 3.63) is 46.6 Å². The average Bonchev–Trinajstić information content (AvgIpc) is 2.78. The molecule has 0 bridgehead atoms. The van der Waals surface area contributed by atoms with Crippen molar-refractivity contribution in [2.75, 3.05) is 6.61 Å². The molecular formula is C25H29NO9. The van der Waals surface area contributed by atoms with E-state index in [0.717, 1.165) is 0 Å². The minimum absolute atomic E-state index is 0.0397. The van der Waals surface area contributed by atoms with Gasteiger partial charge in [0.05, 0.1) is 12.2 Å². The summed E-state index contributed by atoms with van der Waals surface area (Å²) in [6.45, 7) is 5.58. The minimum atomic E-state index is -1.31. The van der Waals surface area contributed by atoms with Crippen molar-refractivity contribution in [1.29, 1.82) is 0 Å². The van der Waals surface area contributed by atoms with Crippen molar-refractivity contribution in [2.45, 2.75) is 63.9 Å². The standard InChI is InChI=1S/C25H29NO9/c1-13(27)32-12-24(3,34-14(2)28)16-8-17-22(30)21-19(35-25(17,4)20(29)9-16)10-18(33-23(21)31)15-6-5-7-26-11-15/h5-7,10-11,16-17,20,22,29-30H,8-9,12H2,1-4H3/t16-,17-,20-,22+,24?,25-/m1/s1. The highest BCUT2D eigenvalue weighted by Gasteiger charge is 2.58. The molecule has 0 saturated heterocycles. The van der Waals surface area contributed by atoms with E-state index in [4.69, 9.17) is 18.6 Å². The number of hydrogen-bond donors (Lipinski definition) is 2. The number of esters is 2. The van der Waals surface area contributed by atoms with Crippen LogP contribution in [0.5, 0.6) is 5.75 Å². The number of fused-ring (bicyclic) bond motifs is 2. The van der Waals surface area contributed by atoms with E-state index in [9.17, 15) is 24.6 Å². The fourth-order valence-electron chi connectivity index (χ4n) is 5.20. The zero-order valence-corrected chi connectivity index (χ0v) is 20.0. The summed E-state index contributed by atoms with van der Waals surface area (Å²) in [5.41, 5.74) is -2.72. The van der Waals surface area contributed by atoms with E-state index in [-0.39, 0.29) is 36.5 Å². The number of ether oxygens (including phenoxy) is 3. The van der Waals surface area contributed by atoms with Gasteiger partial charge < -0.3 is 28.8 Å². The lowest BCUT2D eigenvalue weighted by Crippen LogP contribution is -2.62. The SMILES string of the molecule is CC(=O)OCC(C)(OC(C)=O)[C@H]1C[C@@H](O)[C@]2(C)Oc3cc(-c4cccnc4)oc(=O)c3[C@@H](O)[C@H]2C1. The summed E-state index contributed by atoms with van der Waals surface area (Å²) in [6.07, 6.45) is 1.10. The first kappa shape index (κ1) is 24.9. The molecule has 0 radical (unpaired) electrons. The van der Waals surface area contributed by atoms with Gasteiger partial charge in [0.1, 0.15) is 34.9 Å². The van der Waals surface area contributed by atoms with Crippen LogP contribution in [0.1, 0.15) is 52.2 Å². The van der Waals surface area contributed by atoms with Crippen LogP contribution in [-0.4, -0.2) is 51.0 Å². The summed E-state index contributed by atoms with van der Waals surface area (Å²) in [5, 5.41) is 22.5. The summed E-state index contributed by atoms with van der Waals surface area (Å²) < 4.78 is 22.4. The van der Waals surface area contributed by atoms with Crippen LogP contribution >= 0.6 is 0 Å². The molecule has 35 heavy (non-hydrogen) atoms. The third-order valence-electron chi connectivity index (χ3n) is 7.15. The average molecular weight is 488 g/mol. The van der Waals surface area contributed by atoms with Crippen LogP contribution in [0, 0.1) is 11.8 Å². The van der Waals surface area contributed by atoms with E-state index in [1.54, 1.807) is 32.2 Å². The van der Waals surface area contributed by atoms with Crippen molar-refractivity contribution in [1.82, 2.24) is 4.98 Å². The molecule has 6 atom stereocenters. The van der Waals surface area contributed by atoms with Gasteiger partial charge in [-0.1, -0.05) is 0 Å². The molecule has 3 heterocycles. The number of rotatable bonds is 5. The molecule has 2 aromatic heterocycles. The maximum Gasteiger partial charge on any atom is 0.345 e. The molecule has 10 nitrogen and oxygen atoms in total. The van der Waals surface area contributed by atoms with E-state index < -0.39 is 52.8 Å². The lowest BCUT2D eigenvalue weighted by Gasteiger charge is -2.54. The zero-order chi connectivity index (χ0) is 25.5. The molecule has 0 spiro atoms. The van der Waals surface area contributed by atoms with Crippen LogP contribution in [0.3, 0.4) is 0 Å². The maximum absolute atomic E-state index is 12.9. The van der Waals surface area contributed by atoms with Gasteiger partial charge in [-0.05, 0) is 38.8 Å². The van der Waals surface area contributed by atoms with E-state index in [1.807, 2.05) is 0 Å². The van der Waals surface area contributed by atoms with Gasteiger partial charge in [0.2, 0.25) is 0 Å². The molecule has 1 fully saturated rings. The molecular weight excluding hydrogens is 458 g/mol. The number of carbonyl (C=O) groups is 2. The Kier molecular flexibility index (Phi) is 6.46. The van der Waals surface area contributed by atoms with Crippen LogP contribution < -0.4 is 10.4 Å². The van der Waals surface area contributed by atoms with Crippen molar-refractivity contribution < 1.29 is 38.4 Å². The molecule has 2 aliphatic rings. The molecule has 1 aliphatic carbocycles. The van der Waals surface area contributed by atoms with Crippen molar-refractivity contribution in [3.8, 4) is 17.1 Å². The fourth-order valence-corrected chi connectivity index (χ4v) is 5.20. The Morgan fingerprint density at radius 3 is 2.63 bits per heavy atom. The number of aromatic nitrogens is 1. The van der Waals surface area contributed by atoms with E-state index in [1.165, 1.54) is 26.1 Å². The highest BCUT2D eigenvalue weighted by Crippen LogP contribution is 2.53. The molecule has 1 unspecified atom stereocenters. The second-order valence-electron chi connectivity index (χ2n) is 9.63. The molecule has 10 heteroatoms. The van der Waals surface area contributed by atoms with Gasteiger partial charge >= 0.3 is 17.6 Å². The Bertz CT molecular complexity index is 1180. The summed E-state index contributed by atoms with van der Waals surface area (Å²) in [7, 11) is 0. The van der Waals surface area contributed by atoms with Gasteiger partial charge in [-0.15, -0.1) is 0 Å². The van der Waals surface area contributed by atoms with Crippen LogP contribution in [0.2, 0.25) is 0 Å². The van der Waals surface area contributed by atoms with Crippen LogP contribution in [0.15, 0.2) is 39.8 Å². The predicted octanol–water partition coefficient (Wildman–Crippen LogP) is 2.16. The maximum atomic E-state index is 12.9. The largest absolute Gasteiger partial charge is 0.484 e. The predicted molar refractivity (Wildman–Crippen MR) is 121 cm³/mol. The first-order chi connectivity index (χ1) is 16.4. The van der Waals surface area contributed by atoms with Crippen LogP contribution in [-0.2, 0) is 19.1 Å². The van der Waals surface area contributed by atoms with Gasteiger partial charge in [0.25, 0.3) is 0 Å². The Hall–Kier alpha value is -3.24. The summed E-state index contributed by atoms with van der Waals surface area (Å²) in [6, 6.07) is 4.93. The molecule has 1 aliphatic heterocycles. The van der Waals surface area contributed by atoms with Crippen molar-refractivity contribution in [2.24, 2.45) is 11.8 Å². The monoisotopic (exact) mass is 487 g/mol. The molecule has 2 aromatic rings. The van der Waals surface area contributed by atoms with Gasteiger partial charge in [0, 0.05) is 49.7 Å². The Balaban J connectivity index is 1.71. The number of nitrogens with zero attached hydrogens (tertiary/aromatic N) is 1. The molecule has 0 amide bonds. The molecule has 4 rings (SSSR count). The summed E-state index contributed by atoms with van der Waals surface area (Å²) >= 11 is 0. The highest BCUT2D eigenvalue weighted by atomic mass is 16.6.